The van der Waals surface area contributed by atoms with E-state index in [4.69, 9.17) is 15.0 Å². The van der Waals surface area contributed by atoms with Crippen LogP contribution in [0.1, 0.15) is 21.7 Å². The molecule has 0 saturated carbocycles. The van der Waals surface area contributed by atoms with E-state index in [0.29, 0.717) is 5.56 Å². The van der Waals surface area contributed by atoms with Crippen LogP contribution in [0.5, 0.6) is 5.75 Å². The lowest BCUT2D eigenvalue weighted by Gasteiger charge is -2.28. The predicted molar refractivity (Wildman–Crippen MR) is 80.1 cm³/mol. The number of carbonyl (C=O) groups is 2. The lowest BCUT2D eigenvalue weighted by Crippen LogP contribution is -2.54. The molecule has 25 heavy (non-hydrogen) atoms. The van der Waals surface area contributed by atoms with E-state index in [2.05, 4.69) is 31.1 Å². The Hall–Kier alpha value is -3.48. The van der Waals surface area contributed by atoms with Crippen LogP contribution in [-0.4, -0.2) is 66.6 Å². The molecule has 1 amide bonds. The standard InChI is InChI=1S/C12H11BN6O6/c20-11(8(17-24)10-15-18-19-16-10)14-7-4-5-2-1-3-6(12(21)22)9(5)25-13(7)23/h1-3,7,23-24H,4H2,(H,14,20)(H,21,22)(H,15,16,18,19). The summed E-state index contributed by atoms with van der Waals surface area (Å²) in [4.78, 5) is 23.4. The number of benzene rings is 1. The van der Waals surface area contributed by atoms with Crippen molar-refractivity contribution in [2.45, 2.75) is 12.4 Å². The summed E-state index contributed by atoms with van der Waals surface area (Å²) in [6, 6.07) is 4.49. The number of nitrogens with one attached hydrogen (secondary N) is 2. The fourth-order valence-electron chi connectivity index (χ4n) is 2.41. The maximum Gasteiger partial charge on any atom is 0.547 e. The Labute approximate surface area is 139 Å². The number of hydrogen-bond acceptors (Lipinski definition) is 9. The smallest absolute Gasteiger partial charge is 0.534 e. The van der Waals surface area contributed by atoms with E-state index >= 15 is 0 Å². The number of oxime groups is 1. The minimum absolute atomic E-state index is 0.0437. The Bertz CT molecular complexity index is 841. The van der Waals surface area contributed by atoms with Gasteiger partial charge in [-0.2, -0.15) is 5.21 Å². The Morgan fingerprint density at radius 1 is 1.44 bits per heavy atom. The summed E-state index contributed by atoms with van der Waals surface area (Å²) in [6.45, 7) is 0. The number of nitrogens with zero attached hydrogens (tertiary/aromatic N) is 4. The average Bonchev–Trinajstić information content (AvgIpc) is 3.09. The van der Waals surface area contributed by atoms with Crippen molar-refractivity contribution >= 4 is 24.7 Å². The van der Waals surface area contributed by atoms with E-state index in [1.807, 2.05) is 0 Å². The summed E-state index contributed by atoms with van der Waals surface area (Å²) < 4.78 is 5.25. The average molecular weight is 346 g/mol. The highest BCUT2D eigenvalue weighted by Gasteiger charge is 2.38. The fraction of sp³-hybridized carbons (Fsp3) is 0.167. The van der Waals surface area contributed by atoms with Gasteiger partial charge in [0.2, 0.25) is 11.5 Å². The van der Waals surface area contributed by atoms with Gasteiger partial charge in [0.15, 0.2) is 0 Å². The van der Waals surface area contributed by atoms with E-state index in [1.165, 1.54) is 12.1 Å². The second-order valence-corrected chi connectivity index (χ2v) is 5.08. The molecule has 1 aliphatic rings. The van der Waals surface area contributed by atoms with E-state index in [1.54, 1.807) is 6.07 Å². The van der Waals surface area contributed by atoms with E-state index < -0.39 is 30.6 Å². The van der Waals surface area contributed by atoms with Crippen LogP contribution in [0.2, 0.25) is 0 Å². The lowest BCUT2D eigenvalue weighted by molar-refractivity contribution is -0.115. The third kappa shape index (κ3) is 3.12. The van der Waals surface area contributed by atoms with Crippen molar-refractivity contribution in [3.05, 3.63) is 35.2 Å². The number of para-hydroxylation sites is 1. The van der Waals surface area contributed by atoms with Gasteiger partial charge in [0.1, 0.15) is 5.75 Å². The van der Waals surface area contributed by atoms with Crippen LogP contribution >= 0.6 is 0 Å². The minimum Gasteiger partial charge on any atom is -0.534 e. The van der Waals surface area contributed by atoms with Gasteiger partial charge >= 0.3 is 13.1 Å². The molecule has 0 spiro atoms. The fourth-order valence-corrected chi connectivity index (χ4v) is 2.41. The monoisotopic (exact) mass is 346 g/mol. The molecule has 0 bridgehead atoms. The molecular weight excluding hydrogens is 335 g/mol. The van der Waals surface area contributed by atoms with Gasteiger partial charge < -0.3 is 25.3 Å². The largest absolute Gasteiger partial charge is 0.547 e. The van der Waals surface area contributed by atoms with Crippen LogP contribution in [0.4, 0.5) is 0 Å². The molecule has 2 heterocycles. The summed E-state index contributed by atoms with van der Waals surface area (Å²) in [5, 5.41) is 45.9. The summed E-state index contributed by atoms with van der Waals surface area (Å²) in [7, 11) is -1.50. The zero-order valence-electron chi connectivity index (χ0n) is 12.4. The van der Waals surface area contributed by atoms with E-state index in [9.17, 15) is 14.6 Å². The lowest BCUT2D eigenvalue weighted by atomic mass is 9.72. The molecule has 1 unspecified atom stereocenters. The molecule has 12 nitrogen and oxygen atoms in total. The number of fused-ring (bicyclic) bond motifs is 1. The first kappa shape index (κ1) is 16.4. The number of aromatic nitrogens is 4. The number of carboxylic acid groups (broad SMARTS) is 1. The number of H-pyrrole nitrogens is 1. The quantitative estimate of drug-likeness (QED) is 0.185. The molecule has 128 valence electrons. The van der Waals surface area contributed by atoms with E-state index in [0.717, 1.165) is 0 Å². The van der Waals surface area contributed by atoms with Gasteiger partial charge in [-0.25, -0.2) is 4.79 Å². The van der Waals surface area contributed by atoms with Crippen molar-refractivity contribution in [1.82, 2.24) is 25.9 Å². The van der Waals surface area contributed by atoms with Crippen molar-refractivity contribution < 1.29 is 29.6 Å². The van der Waals surface area contributed by atoms with Crippen molar-refractivity contribution in [2.75, 3.05) is 0 Å². The van der Waals surface area contributed by atoms with Crippen molar-refractivity contribution in [1.29, 1.82) is 0 Å². The molecular formula is C12H11BN6O6. The van der Waals surface area contributed by atoms with Gasteiger partial charge in [0.25, 0.3) is 5.91 Å². The third-order valence-electron chi connectivity index (χ3n) is 3.54. The molecule has 5 N–H and O–H groups in total. The van der Waals surface area contributed by atoms with Crippen LogP contribution in [0.3, 0.4) is 0 Å². The Morgan fingerprint density at radius 2 is 2.24 bits per heavy atom. The van der Waals surface area contributed by atoms with Gasteiger partial charge in [0, 0.05) is 0 Å². The van der Waals surface area contributed by atoms with Crippen LogP contribution in [-0.2, 0) is 11.2 Å². The minimum atomic E-state index is -1.50. The highest BCUT2D eigenvalue weighted by molar-refractivity contribution is 6.50. The highest BCUT2D eigenvalue weighted by atomic mass is 16.5. The normalized spacial score (nSPS) is 16.8. The van der Waals surface area contributed by atoms with Gasteiger partial charge in [0.05, 0.1) is 11.5 Å². The van der Waals surface area contributed by atoms with Crippen molar-refractivity contribution in [2.24, 2.45) is 5.16 Å². The number of aromatic amines is 1. The predicted octanol–water partition coefficient (Wildman–Crippen LogP) is -1.78. The number of amides is 1. The first-order valence-electron chi connectivity index (χ1n) is 6.98. The molecule has 3 rings (SSSR count). The third-order valence-corrected chi connectivity index (χ3v) is 3.54. The number of tetrazole rings is 1. The summed E-state index contributed by atoms with van der Waals surface area (Å²) in [6.07, 6.45) is 0.105. The SMILES string of the molecule is O=C(NC1Cc2cccc(C(=O)O)c2OB1O)C(=NO)c1nn[nH]n1. The van der Waals surface area contributed by atoms with Crippen LogP contribution in [0.15, 0.2) is 23.4 Å². The first-order valence-corrected chi connectivity index (χ1v) is 6.98. The molecule has 0 aliphatic carbocycles. The van der Waals surface area contributed by atoms with Crippen LogP contribution in [0.25, 0.3) is 0 Å². The molecule has 0 radical (unpaired) electrons. The molecule has 1 aromatic carbocycles. The van der Waals surface area contributed by atoms with Gasteiger partial charge in [-0.3, -0.25) is 4.79 Å². The first-order chi connectivity index (χ1) is 12.0. The Kier molecular flexibility index (Phi) is 4.30. The topological polar surface area (TPSA) is 183 Å². The maximum atomic E-state index is 12.2. The summed E-state index contributed by atoms with van der Waals surface area (Å²) in [5.74, 6) is -3.16. The van der Waals surface area contributed by atoms with Crippen LogP contribution in [0, 0.1) is 0 Å². The Morgan fingerprint density at radius 3 is 2.88 bits per heavy atom. The summed E-state index contributed by atoms with van der Waals surface area (Å²) in [5.41, 5.74) is -0.102. The summed E-state index contributed by atoms with van der Waals surface area (Å²) >= 11 is 0. The molecule has 1 aliphatic heterocycles. The maximum absolute atomic E-state index is 12.2. The molecule has 0 saturated heterocycles. The molecule has 1 aromatic heterocycles. The van der Waals surface area contributed by atoms with Gasteiger partial charge in [-0.1, -0.05) is 17.3 Å². The van der Waals surface area contributed by atoms with Gasteiger partial charge in [-0.05, 0) is 23.3 Å². The zero-order valence-corrected chi connectivity index (χ0v) is 12.4. The van der Waals surface area contributed by atoms with E-state index in [-0.39, 0.29) is 23.6 Å². The number of rotatable bonds is 4. The zero-order chi connectivity index (χ0) is 18.0. The molecule has 1 atom stereocenters. The van der Waals surface area contributed by atoms with Crippen molar-refractivity contribution in [3.8, 4) is 5.75 Å². The number of carbonyl (C=O) groups excluding carboxylic acids is 1. The second-order valence-electron chi connectivity index (χ2n) is 5.08. The molecule has 13 heteroatoms. The number of hydrogen-bond donors (Lipinski definition) is 5. The van der Waals surface area contributed by atoms with Crippen molar-refractivity contribution in [3.63, 3.8) is 0 Å². The molecule has 2 aromatic rings. The number of carboxylic acids is 1. The Balaban J connectivity index is 1.80. The second kappa shape index (κ2) is 6.56. The number of aromatic carboxylic acids is 1. The highest BCUT2D eigenvalue weighted by Crippen LogP contribution is 2.30. The molecule has 0 fully saturated rings. The van der Waals surface area contributed by atoms with Gasteiger partial charge in [-0.15, -0.1) is 10.2 Å². The van der Waals surface area contributed by atoms with Crippen LogP contribution < -0.4 is 9.97 Å².